The molecular formula is C24H26BrFN2O3S. The van der Waals surface area contributed by atoms with Gasteiger partial charge in [-0.3, -0.25) is 0 Å². The van der Waals surface area contributed by atoms with Crippen molar-refractivity contribution in [1.29, 1.82) is 0 Å². The molecule has 1 aliphatic heterocycles. The molecule has 1 atom stereocenters. The molecule has 1 aromatic heterocycles. The number of aromatic nitrogens is 1. The number of nitrogens with zero attached hydrogens (tertiary/aromatic N) is 2. The van der Waals surface area contributed by atoms with Crippen LogP contribution in [0.4, 0.5) is 4.39 Å². The number of benzene rings is 2. The zero-order chi connectivity index (χ0) is 22.8. The van der Waals surface area contributed by atoms with Crippen molar-refractivity contribution in [3.05, 3.63) is 57.9 Å². The molecule has 8 heteroatoms. The number of halogens is 2. The molecule has 1 saturated heterocycles. The third-order valence-corrected chi connectivity index (χ3v) is 7.33. The van der Waals surface area contributed by atoms with E-state index in [9.17, 15) is 9.18 Å². The first-order chi connectivity index (χ1) is 15.4. The van der Waals surface area contributed by atoms with Crippen LogP contribution in [-0.4, -0.2) is 48.3 Å². The molecule has 0 amide bonds. The number of aryl methyl sites for hydroxylation is 1. The summed E-state index contributed by atoms with van der Waals surface area (Å²) in [4.78, 5) is 16.2. The highest BCUT2D eigenvalue weighted by atomic mass is 79.9. The molecule has 5 nitrogen and oxygen atoms in total. The van der Waals surface area contributed by atoms with Gasteiger partial charge in [-0.05, 0) is 72.7 Å². The van der Waals surface area contributed by atoms with Gasteiger partial charge >= 0.3 is 5.97 Å². The fourth-order valence-electron chi connectivity index (χ4n) is 4.03. The Kier molecular flexibility index (Phi) is 7.12. The molecule has 170 valence electrons. The Bertz CT molecular complexity index is 1130. The SMILES string of the molecule is CCOC(=O)c1c(CSc2ccc(F)cc2)n(C)c2cc(Br)c(OC3CCN(C)C3)cc12. The Morgan fingerprint density at radius 3 is 2.66 bits per heavy atom. The van der Waals surface area contributed by atoms with Gasteiger partial charge in [0.2, 0.25) is 0 Å². The van der Waals surface area contributed by atoms with Crippen molar-refractivity contribution in [1.82, 2.24) is 9.47 Å². The Hall–Kier alpha value is -2.03. The zero-order valence-corrected chi connectivity index (χ0v) is 20.8. The standard InChI is InChI=1S/C24H26BrFN2O3S/c1-4-30-24(29)23-18-11-22(31-16-9-10-27(2)13-16)19(25)12-20(18)28(3)21(23)14-32-17-7-5-15(26)6-8-17/h5-8,11-12,16H,4,9-10,13-14H2,1-3H3. The van der Waals surface area contributed by atoms with Crippen molar-refractivity contribution in [3.8, 4) is 5.75 Å². The summed E-state index contributed by atoms with van der Waals surface area (Å²) in [5.74, 6) is 0.664. The molecule has 0 spiro atoms. The number of rotatable bonds is 7. The average Bonchev–Trinajstić information content (AvgIpc) is 3.29. The lowest BCUT2D eigenvalue weighted by Gasteiger charge is -2.15. The van der Waals surface area contributed by atoms with E-state index in [-0.39, 0.29) is 17.9 Å². The van der Waals surface area contributed by atoms with Gasteiger partial charge in [0.25, 0.3) is 0 Å². The Labute approximate surface area is 200 Å². The van der Waals surface area contributed by atoms with Crippen LogP contribution in [0, 0.1) is 5.82 Å². The van der Waals surface area contributed by atoms with Crippen molar-refractivity contribution in [3.63, 3.8) is 0 Å². The van der Waals surface area contributed by atoms with Crippen molar-refractivity contribution in [2.45, 2.75) is 30.1 Å². The fourth-order valence-corrected chi connectivity index (χ4v) is 5.43. The van der Waals surface area contributed by atoms with Crippen LogP contribution in [0.5, 0.6) is 5.75 Å². The molecule has 1 aliphatic rings. The van der Waals surface area contributed by atoms with Crippen molar-refractivity contribution >= 4 is 44.6 Å². The van der Waals surface area contributed by atoms with Crippen LogP contribution in [0.3, 0.4) is 0 Å². The number of hydrogen-bond donors (Lipinski definition) is 0. The highest BCUT2D eigenvalue weighted by molar-refractivity contribution is 9.10. The van der Waals surface area contributed by atoms with E-state index in [2.05, 4.69) is 27.9 Å². The summed E-state index contributed by atoms with van der Waals surface area (Å²) in [6.07, 6.45) is 1.09. The third kappa shape index (κ3) is 4.82. The smallest absolute Gasteiger partial charge is 0.340 e. The highest BCUT2D eigenvalue weighted by Crippen LogP contribution is 2.38. The highest BCUT2D eigenvalue weighted by Gasteiger charge is 2.26. The van der Waals surface area contributed by atoms with Crippen LogP contribution in [-0.2, 0) is 17.5 Å². The number of thioether (sulfide) groups is 1. The Balaban J connectivity index is 1.72. The first kappa shape index (κ1) is 23.1. The lowest BCUT2D eigenvalue weighted by Crippen LogP contribution is -2.21. The van der Waals surface area contributed by atoms with E-state index in [1.54, 1.807) is 30.8 Å². The van der Waals surface area contributed by atoms with Gasteiger partial charge in [-0.2, -0.15) is 0 Å². The van der Waals surface area contributed by atoms with E-state index in [0.29, 0.717) is 17.9 Å². The van der Waals surface area contributed by atoms with Crippen LogP contribution < -0.4 is 4.74 Å². The maximum absolute atomic E-state index is 13.3. The minimum absolute atomic E-state index is 0.122. The van der Waals surface area contributed by atoms with Crippen molar-refractivity contribution in [2.75, 3.05) is 26.7 Å². The van der Waals surface area contributed by atoms with E-state index < -0.39 is 0 Å². The van der Waals surface area contributed by atoms with E-state index in [0.717, 1.165) is 51.2 Å². The number of esters is 1. The molecule has 2 heterocycles. The molecule has 2 aromatic carbocycles. The third-order valence-electron chi connectivity index (χ3n) is 5.68. The number of carbonyl (C=O) groups excluding carboxylic acids is 1. The van der Waals surface area contributed by atoms with Crippen molar-refractivity contribution in [2.24, 2.45) is 7.05 Å². The molecule has 3 aromatic rings. The summed E-state index contributed by atoms with van der Waals surface area (Å²) >= 11 is 5.20. The van der Waals surface area contributed by atoms with Gasteiger partial charge in [0.1, 0.15) is 17.7 Å². The second-order valence-corrected chi connectivity index (χ2v) is 9.84. The summed E-state index contributed by atoms with van der Waals surface area (Å²) in [7, 11) is 4.03. The maximum atomic E-state index is 13.3. The van der Waals surface area contributed by atoms with Gasteiger partial charge in [-0.1, -0.05) is 0 Å². The maximum Gasteiger partial charge on any atom is 0.340 e. The predicted octanol–water partition coefficient (Wildman–Crippen LogP) is 5.63. The largest absolute Gasteiger partial charge is 0.488 e. The topological polar surface area (TPSA) is 43.7 Å². The second kappa shape index (κ2) is 9.85. The summed E-state index contributed by atoms with van der Waals surface area (Å²) < 4.78 is 27.8. The predicted molar refractivity (Wildman–Crippen MR) is 129 cm³/mol. The summed E-state index contributed by atoms with van der Waals surface area (Å²) in [6, 6.07) is 10.3. The molecule has 0 aliphatic carbocycles. The minimum Gasteiger partial charge on any atom is -0.488 e. The van der Waals surface area contributed by atoms with Crippen LogP contribution in [0.1, 0.15) is 29.4 Å². The van der Waals surface area contributed by atoms with Gasteiger partial charge in [0, 0.05) is 41.9 Å². The number of carbonyl (C=O) groups is 1. The molecule has 1 fully saturated rings. The van der Waals surface area contributed by atoms with Crippen LogP contribution in [0.15, 0.2) is 45.8 Å². The summed E-state index contributed by atoms with van der Waals surface area (Å²) in [5, 5.41) is 0.810. The van der Waals surface area contributed by atoms with Gasteiger partial charge in [0.15, 0.2) is 0 Å². The Morgan fingerprint density at radius 1 is 1.25 bits per heavy atom. The lowest BCUT2D eigenvalue weighted by molar-refractivity contribution is 0.0527. The number of likely N-dealkylation sites (tertiary alicyclic amines) is 1. The van der Waals surface area contributed by atoms with Crippen molar-refractivity contribution < 1.29 is 18.7 Å². The molecule has 0 saturated carbocycles. The fraction of sp³-hybridized carbons (Fsp3) is 0.375. The van der Waals surface area contributed by atoms with E-state index in [1.165, 1.54) is 12.1 Å². The number of ether oxygens (including phenoxy) is 2. The lowest BCUT2D eigenvalue weighted by atomic mass is 10.1. The second-order valence-electron chi connectivity index (χ2n) is 7.93. The van der Waals surface area contributed by atoms with Gasteiger partial charge < -0.3 is 18.9 Å². The van der Waals surface area contributed by atoms with E-state index >= 15 is 0 Å². The molecule has 0 N–H and O–H groups in total. The quantitative estimate of drug-likeness (QED) is 0.298. The molecule has 1 unspecified atom stereocenters. The monoisotopic (exact) mass is 520 g/mol. The first-order valence-electron chi connectivity index (χ1n) is 10.6. The average molecular weight is 521 g/mol. The van der Waals surface area contributed by atoms with Gasteiger partial charge in [0.05, 0.1) is 22.2 Å². The molecule has 4 rings (SSSR count). The van der Waals surface area contributed by atoms with Gasteiger partial charge in [-0.25, -0.2) is 9.18 Å². The summed E-state index contributed by atoms with van der Waals surface area (Å²) in [5.41, 5.74) is 2.34. The molecular weight excluding hydrogens is 495 g/mol. The zero-order valence-electron chi connectivity index (χ0n) is 18.4. The molecule has 32 heavy (non-hydrogen) atoms. The number of hydrogen-bond acceptors (Lipinski definition) is 5. The molecule has 0 bridgehead atoms. The number of fused-ring (bicyclic) bond motifs is 1. The van der Waals surface area contributed by atoms with Gasteiger partial charge in [-0.15, -0.1) is 11.8 Å². The van der Waals surface area contributed by atoms with Crippen LogP contribution in [0.2, 0.25) is 0 Å². The van der Waals surface area contributed by atoms with Crippen LogP contribution >= 0.6 is 27.7 Å². The van der Waals surface area contributed by atoms with E-state index in [4.69, 9.17) is 9.47 Å². The summed E-state index contributed by atoms with van der Waals surface area (Å²) in [6.45, 7) is 3.99. The minimum atomic E-state index is -0.346. The number of likely N-dealkylation sites (N-methyl/N-ethyl adjacent to an activating group) is 1. The first-order valence-corrected chi connectivity index (χ1v) is 12.4. The van der Waals surface area contributed by atoms with E-state index in [1.807, 2.05) is 23.7 Å². The van der Waals surface area contributed by atoms with Crippen LogP contribution in [0.25, 0.3) is 10.9 Å². The molecule has 0 radical (unpaired) electrons. The Morgan fingerprint density at radius 2 is 2.00 bits per heavy atom. The normalized spacial score (nSPS) is 16.6.